The van der Waals surface area contributed by atoms with E-state index in [1.807, 2.05) is 32.0 Å². The topological polar surface area (TPSA) is 72.5 Å². The second kappa shape index (κ2) is 7.13. The monoisotopic (exact) mass is 318 g/mol. The number of aromatic nitrogens is 1. The summed E-state index contributed by atoms with van der Waals surface area (Å²) in [6, 6.07) is 9.33. The Morgan fingerprint density at radius 1 is 1.27 bits per heavy atom. The van der Waals surface area contributed by atoms with Gasteiger partial charge in [0.2, 0.25) is 0 Å². The minimum absolute atomic E-state index is 0.327. The van der Waals surface area contributed by atoms with Crippen LogP contribution in [-0.2, 0) is 6.54 Å². The van der Waals surface area contributed by atoms with Crippen LogP contribution in [0.5, 0.6) is 5.75 Å². The highest BCUT2D eigenvalue weighted by Crippen LogP contribution is 2.27. The first-order chi connectivity index (χ1) is 10.5. The van der Waals surface area contributed by atoms with Gasteiger partial charge < -0.3 is 15.8 Å². The Balaban J connectivity index is 2.05. The number of guanidine groups is 1. The number of aliphatic imine (C=N–C) groups is 1. The van der Waals surface area contributed by atoms with Gasteiger partial charge in [-0.2, -0.15) is 0 Å². The molecular weight excluding hydrogens is 300 g/mol. The third kappa shape index (κ3) is 4.36. The average Bonchev–Trinajstić information content (AvgIpc) is 2.44. The summed E-state index contributed by atoms with van der Waals surface area (Å²) in [5, 5.41) is 3.52. The number of nitrogens with zero attached hydrogens (tertiary/aromatic N) is 2. The Morgan fingerprint density at radius 2 is 1.95 bits per heavy atom. The van der Waals surface area contributed by atoms with Crippen LogP contribution < -0.4 is 15.8 Å². The van der Waals surface area contributed by atoms with Crippen molar-refractivity contribution in [2.75, 3.05) is 12.4 Å². The Bertz CT molecular complexity index is 680. The molecular formula is C16H19ClN4O. The highest BCUT2D eigenvalue weighted by Gasteiger charge is 2.03. The molecule has 0 aliphatic heterocycles. The fourth-order valence-corrected chi connectivity index (χ4v) is 2.38. The Morgan fingerprint density at radius 3 is 2.55 bits per heavy atom. The van der Waals surface area contributed by atoms with Crippen LogP contribution in [0.4, 0.5) is 5.69 Å². The SMILES string of the molecule is COc1ccc(NC(N)=NCc2cc(C)nc(C)c2)cc1Cl. The van der Waals surface area contributed by atoms with E-state index in [1.165, 1.54) is 0 Å². The molecule has 0 amide bonds. The van der Waals surface area contributed by atoms with E-state index in [2.05, 4.69) is 15.3 Å². The third-order valence-electron chi connectivity index (χ3n) is 3.00. The van der Waals surface area contributed by atoms with E-state index in [0.29, 0.717) is 23.3 Å². The Labute approximate surface area is 135 Å². The van der Waals surface area contributed by atoms with Crippen LogP contribution in [0.3, 0.4) is 0 Å². The minimum atomic E-state index is 0.327. The summed E-state index contributed by atoms with van der Waals surface area (Å²) in [5.41, 5.74) is 9.67. The molecule has 2 aromatic rings. The molecule has 0 fully saturated rings. The number of benzene rings is 1. The highest BCUT2D eigenvalue weighted by molar-refractivity contribution is 6.32. The van der Waals surface area contributed by atoms with Gasteiger partial charge in [-0.3, -0.25) is 4.98 Å². The Kier molecular flexibility index (Phi) is 5.22. The molecule has 2 rings (SSSR count). The van der Waals surface area contributed by atoms with Gasteiger partial charge in [-0.1, -0.05) is 11.6 Å². The standard InChI is InChI=1S/C16H19ClN4O/c1-10-6-12(7-11(2)20-10)9-19-16(18)21-13-4-5-15(22-3)14(17)8-13/h4-8H,9H2,1-3H3,(H3,18,19,21). The quantitative estimate of drug-likeness (QED) is 0.670. The molecule has 0 atom stereocenters. The van der Waals surface area contributed by atoms with Crippen LogP contribution in [0.1, 0.15) is 17.0 Å². The lowest BCUT2D eigenvalue weighted by molar-refractivity contribution is 0.415. The third-order valence-corrected chi connectivity index (χ3v) is 3.29. The molecule has 0 saturated carbocycles. The van der Waals surface area contributed by atoms with E-state index in [1.54, 1.807) is 19.2 Å². The van der Waals surface area contributed by atoms with Crippen LogP contribution >= 0.6 is 11.6 Å². The average molecular weight is 319 g/mol. The molecule has 116 valence electrons. The summed E-state index contributed by atoms with van der Waals surface area (Å²) in [5.74, 6) is 0.943. The zero-order valence-electron chi connectivity index (χ0n) is 12.9. The summed E-state index contributed by atoms with van der Waals surface area (Å²) in [6.45, 7) is 4.41. The van der Waals surface area contributed by atoms with E-state index in [4.69, 9.17) is 22.1 Å². The number of halogens is 1. The summed E-state index contributed by atoms with van der Waals surface area (Å²) in [7, 11) is 1.57. The molecule has 22 heavy (non-hydrogen) atoms. The van der Waals surface area contributed by atoms with Crippen molar-refractivity contribution < 1.29 is 4.74 Å². The van der Waals surface area contributed by atoms with Gasteiger partial charge in [0, 0.05) is 17.1 Å². The van der Waals surface area contributed by atoms with Crippen molar-refractivity contribution in [1.82, 2.24) is 4.98 Å². The normalized spacial score (nSPS) is 11.4. The fourth-order valence-electron chi connectivity index (χ4n) is 2.12. The van der Waals surface area contributed by atoms with Crippen molar-refractivity contribution in [3.05, 3.63) is 52.3 Å². The lowest BCUT2D eigenvalue weighted by Crippen LogP contribution is -2.22. The molecule has 1 heterocycles. The number of hydrogen-bond donors (Lipinski definition) is 2. The van der Waals surface area contributed by atoms with Gasteiger partial charge in [-0.05, 0) is 49.7 Å². The molecule has 0 unspecified atom stereocenters. The number of anilines is 1. The molecule has 0 aliphatic rings. The zero-order valence-corrected chi connectivity index (χ0v) is 13.6. The number of nitrogens with one attached hydrogen (secondary N) is 1. The predicted octanol–water partition coefficient (Wildman–Crippen LogP) is 3.29. The zero-order chi connectivity index (χ0) is 16.1. The van der Waals surface area contributed by atoms with Gasteiger partial charge in [-0.15, -0.1) is 0 Å². The maximum atomic E-state index is 6.07. The second-order valence-electron chi connectivity index (χ2n) is 4.93. The van der Waals surface area contributed by atoms with Gasteiger partial charge in [0.1, 0.15) is 5.75 Å². The van der Waals surface area contributed by atoms with Gasteiger partial charge in [0.05, 0.1) is 18.7 Å². The van der Waals surface area contributed by atoms with E-state index in [0.717, 1.165) is 22.6 Å². The number of ether oxygens (including phenoxy) is 1. The molecule has 0 aliphatic carbocycles. The number of rotatable bonds is 4. The van der Waals surface area contributed by atoms with Crippen LogP contribution in [-0.4, -0.2) is 18.1 Å². The van der Waals surface area contributed by atoms with E-state index < -0.39 is 0 Å². The van der Waals surface area contributed by atoms with E-state index in [-0.39, 0.29) is 0 Å². The molecule has 1 aromatic heterocycles. The van der Waals surface area contributed by atoms with E-state index >= 15 is 0 Å². The number of nitrogens with two attached hydrogens (primary N) is 1. The first-order valence-corrected chi connectivity index (χ1v) is 7.20. The minimum Gasteiger partial charge on any atom is -0.495 e. The fraction of sp³-hybridized carbons (Fsp3) is 0.250. The summed E-state index contributed by atoms with van der Waals surface area (Å²) in [4.78, 5) is 8.66. The molecule has 0 spiro atoms. The van der Waals surface area contributed by atoms with Crippen LogP contribution in [0.15, 0.2) is 35.3 Å². The lowest BCUT2D eigenvalue weighted by Gasteiger charge is -2.08. The summed E-state index contributed by atoms with van der Waals surface area (Å²) >= 11 is 6.07. The van der Waals surface area contributed by atoms with Crippen molar-refractivity contribution in [3.8, 4) is 5.75 Å². The van der Waals surface area contributed by atoms with Gasteiger partial charge in [0.25, 0.3) is 0 Å². The predicted molar refractivity (Wildman–Crippen MR) is 90.7 cm³/mol. The molecule has 5 nitrogen and oxygen atoms in total. The smallest absolute Gasteiger partial charge is 0.193 e. The van der Waals surface area contributed by atoms with Crippen LogP contribution in [0.25, 0.3) is 0 Å². The largest absolute Gasteiger partial charge is 0.495 e. The lowest BCUT2D eigenvalue weighted by atomic mass is 10.2. The van der Waals surface area contributed by atoms with Crippen molar-refractivity contribution in [3.63, 3.8) is 0 Å². The van der Waals surface area contributed by atoms with Gasteiger partial charge >= 0.3 is 0 Å². The van der Waals surface area contributed by atoms with Crippen molar-refractivity contribution in [1.29, 1.82) is 0 Å². The molecule has 3 N–H and O–H groups in total. The maximum Gasteiger partial charge on any atom is 0.193 e. The van der Waals surface area contributed by atoms with Gasteiger partial charge in [-0.25, -0.2) is 4.99 Å². The number of aryl methyl sites for hydroxylation is 2. The first kappa shape index (κ1) is 16.1. The molecule has 1 aromatic carbocycles. The molecule has 0 bridgehead atoms. The highest BCUT2D eigenvalue weighted by atomic mass is 35.5. The second-order valence-corrected chi connectivity index (χ2v) is 5.34. The van der Waals surface area contributed by atoms with Crippen molar-refractivity contribution >= 4 is 23.2 Å². The van der Waals surface area contributed by atoms with E-state index in [9.17, 15) is 0 Å². The van der Waals surface area contributed by atoms with Crippen LogP contribution in [0.2, 0.25) is 5.02 Å². The number of hydrogen-bond acceptors (Lipinski definition) is 3. The molecule has 0 radical (unpaired) electrons. The molecule has 6 heteroatoms. The van der Waals surface area contributed by atoms with Crippen molar-refractivity contribution in [2.24, 2.45) is 10.7 Å². The number of pyridine rings is 1. The summed E-state index contributed by atoms with van der Waals surface area (Å²) in [6.07, 6.45) is 0. The van der Waals surface area contributed by atoms with Crippen molar-refractivity contribution in [2.45, 2.75) is 20.4 Å². The summed E-state index contributed by atoms with van der Waals surface area (Å²) < 4.78 is 5.11. The van der Waals surface area contributed by atoms with Gasteiger partial charge in [0.15, 0.2) is 5.96 Å². The maximum absolute atomic E-state index is 6.07. The Hall–Kier alpha value is -2.27. The first-order valence-electron chi connectivity index (χ1n) is 6.82. The molecule has 0 saturated heterocycles. The number of methoxy groups -OCH3 is 1. The van der Waals surface area contributed by atoms with Crippen LogP contribution in [0, 0.1) is 13.8 Å².